The van der Waals surface area contributed by atoms with Gasteiger partial charge >= 0.3 is 0 Å². The summed E-state index contributed by atoms with van der Waals surface area (Å²) in [6.45, 7) is 10.5. The van der Waals surface area contributed by atoms with Gasteiger partial charge in [0.2, 0.25) is 0 Å². The molecular weight excluding hydrogens is 288 g/mol. The van der Waals surface area contributed by atoms with E-state index in [-0.39, 0.29) is 11.9 Å². The molecule has 0 saturated carbocycles. The van der Waals surface area contributed by atoms with Crippen molar-refractivity contribution in [1.82, 2.24) is 0 Å². The van der Waals surface area contributed by atoms with Crippen molar-refractivity contribution in [1.29, 1.82) is 0 Å². The molecule has 1 aliphatic heterocycles. The predicted octanol–water partition coefficient (Wildman–Crippen LogP) is 3.81. The first-order valence-electron chi connectivity index (χ1n) is 8.55. The maximum Gasteiger partial charge on any atom is 0.268 e. The molecule has 0 aromatic heterocycles. The number of carbonyl (C=O) groups is 1. The van der Waals surface area contributed by atoms with Crippen LogP contribution >= 0.6 is 0 Å². The van der Waals surface area contributed by atoms with Gasteiger partial charge in [0.1, 0.15) is 5.75 Å². The van der Waals surface area contributed by atoms with E-state index in [0.29, 0.717) is 18.9 Å². The van der Waals surface area contributed by atoms with Crippen molar-refractivity contribution >= 4 is 11.6 Å². The minimum atomic E-state index is -0.416. The Bertz CT molecular complexity index is 566. The average Bonchev–Trinajstić information content (AvgIpc) is 2.57. The van der Waals surface area contributed by atoms with Gasteiger partial charge in [-0.05, 0) is 30.0 Å². The van der Waals surface area contributed by atoms with Crippen LogP contribution in [-0.2, 0) is 4.79 Å². The molecule has 126 valence electrons. The zero-order valence-corrected chi connectivity index (χ0v) is 14.4. The molecule has 0 aliphatic carbocycles. The summed E-state index contributed by atoms with van der Waals surface area (Å²) >= 11 is 0. The van der Waals surface area contributed by atoms with E-state index in [0.717, 1.165) is 29.8 Å². The maximum absolute atomic E-state index is 12.6. The van der Waals surface area contributed by atoms with Crippen molar-refractivity contribution in [3.63, 3.8) is 0 Å². The second kappa shape index (κ2) is 7.64. The summed E-state index contributed by atoms with van der Waals surface area (Å²) in [7, 11) is 0. The van der Waals surface area contributed by atoms with Gasteiger partial charge in [0.05, 0.1) is 5.69 Å². The third-order valence-corrected chi connectivity index (χ3v) is 4.71. The fraction of sp³-hybridized carbons (Fsp3) is 0.526. The predicted molar refractivity (Wildman–Crippen MR) is 94.7 cm³/mol. The Morgan fingerprint density at radius 2 is 2.04 bits per heavy atom. The van der Waals surface area contributed by atoms with Gasteiger partial charge in [0.15, 0.2) is 6.10 Å². The number of fused-ring (bicyclic) bond motifs is 1. The van der Waals surface area contributed by atoms with Gasteiger partial charge in [-0.15, -0.1) is 6.58 Å². The number of rotatable bonds is 7. The molecule has 2 rings (SSSR count). The van der Waals surface area contributed by atoms with Crippen LogP contribution < -0.4 is 15.4 Å². The number of nitrogens with two attached hydrogens (primary N) is 1. The third-order valence-electron chi connectivity index (χ3n) is 4.71. The van der Waals surface area contributed by atoms with Gasteiger partial charge in [-0.2, -0.15) is 0 Å². The molecule has 2 unspecified atom stereocenters. The van der Waals surface area contributed by atoms with E-state index in [1.807, 2.05) is 25.1 Å². The number of benzene rings is 1. The fourth-order valence-corrected chi connectivity index (χ4v) is 3.19. The maximum atomic E-state index is 12.6. The van der Waals surface area contributed by atoms with Crippen LogP contribution in [0, 0.1) is 5.92 Å². The molecule has 4 heteroatoms. The lowest BCUT2D eigenvalue weighted by atomic mass is 9.89. The highest BCUT2D eigenvalue weighted by Crippen LogP contribution is 2.38. The number of hydrogen-bond acceptors (Lipinski definition) is 3. The number of carbonyl (C=O) groups excluding carboxylic acids is 1. The molecule has 23 heavy (non-hydrogen) atoms. The molecule has 0 saturated heterocycles. The first-order valence-corrected chi connectivity index (χ1v) is 8.55. The van der Waals surface area contributed by atoms with Crippen molar-refractivity contribution in [2.24, 2.45) is 11.7 Å². The van der Waals surface area contributed by atoms with Gasteiger partial charge in [-0.25, -0.2) is 0 Å². The lowest BCUT2D eigenvalue weighted by molar-refractivity contribution is -0.126. The monoisotopic (exact) mass is 316 g/mol. The molecular formula is C19H28N2O2. The van der Waals surface area contributed by atoms with E-state index in [4.69, 9.17) is 10.5 Å². The molecule has 0 bridgehead atoms. The van der Waals surface area contributed by atoms with Gasteiger partial charge in [-0.1, -0.05) is 45.8 Å². The standard InChI is InChI=1S/C19H28N2O2/c1-5-11-21-15-12-14(18(20)13(6-2)7-3)9-10-17(15)23-16(8-4)19(21)22/h5,9-10,12-13,16,18H,1,6-8,11,20H2,2-4H3. The molecule has 1 amide bonds. The molecule has 2 atom stereocenters. The molecule has 0 spiro atoms. The summed E-state index contributed by atoms with van der Waals surface area (Å²) in [6, 6.07) is 5.94. The lowest BCUT2D eigenvalue weighted by Crippen LogP contribution is -2.45. The van der Waals surface area contributed by atoms with Crippen molar-refractivity contribution in [2.45, 2.75) is 52.2 Å². The summed E-state index contributed by atoms with van der Waals surface area (Å²) in [5.41, 5.74) is 8.29. The van der Waals surface area contributed by atoms with E-state index >= 15 is 0 Å². The zero-order valence-electron chi connectivity index (χ0n) is 14.4. The molecule has 1 aromatic carbocycles. The van der Waals surface area contributed by atoms with E-state index in [9.17, 15) is 4.79 Å². The summed E-state index contributed by atoms with van der Waals surface area (Å²) in [5.74, 6) is 1.18. The summed E-state index contributed by atoms with van der Waals surface area (Å²) in [6.07, 6.45) is 4.06. The Labute approximate surface area is 139 Å². The van der Waals surface area contributed by atoms with Crippen LogP contribution in [0.3, 0.4) is 0 Å². The molecule has 0 radical (unpaired) electrons. The topological polar surface area (TPSA) is 55.6 Å². The lowest BCUT2D eigenvalue weighted by Gasteiger charge is -2.34. The van der Waals surface area contributed by atoms with Crippen LogP contribution in [0.5, 0.6) is 5.75 Å². The van der Waals surface area contributed by atoms with Crippen LogP contribution in [0.4, 0.5) is 5.69 Å². The second-order valence-corrected chi connectivity index (χ2v) is 6.08. The number of anilines is 1. The number of amides is 1. The number of ether oxygens (including phenoxy) is 1. The van der Waals surface area contributed by atoms with E-state index in [2.05, 4.69) is 20.4 Å². The first-order chi connectivity index (χ1) is 11.1. The van der Waals surface area contributed by atoms with E-state index in [1.165, 1.54) is 0 Å². The molecule has 1 aromatic rings. The number of hydrogen-bond donors (Lipinski definition) is 1. The average molecular weight is 316 g/mol. The molecule has 1 aliphatic rings. The van der Waals surface area contributed by atoms with Crippen LogP contribution in [0.2, 0.25) is 0 Å². The molecule has 2 N–H and O–H groups in total. The van der Waals surface area contributed by atoms with Gasteiger partial charge in [0.25, 0.3) is 5.91 Å². The van der Waals surface area contributed by atoms with Crippen LogP contribution in [0.1, 0.15) is 51.6 Å². The summed E-state index contributed by atoms with van der Waals surface area (Å²) in [4.78, 5) is 14.3. The quantitative estimate of drug-likeness (QED) is 0.778. The minimum absolute atomic E-state index is 0.00634. The van der Waals surface area contributed by atoms with Gasteiger partial charge < -0.3 is 15.4 Å². The van der Waals surface area contributed by atoms with Crippen molar-refractivity contribution in [3.8, 4) is 5.75 Å². The smallest absolute Gasteiger partial charge is 0.268 e. The van der Waals surface area contributed by atoms with Crippen molar-refractivity contribution in [3.05, 3.63) is 36.4 Å². The van der Waals surface area contributed by atoms with Crippen LogP contribution in [0.15, 0.2) is 30.9 Å². The Hall–Kier alpha value is -1.81. The van der Waals surface area contributed by atoms with Crippen molar-refractivity contribution in [2.75, 3.05) is 11.4 Å². The summed E-state index contributed by atoms with van der Waals surface area (Å²) < 4.78 is 5.85. The highest BCUT2D eigenvalue weighted by molar-refractivity contribution is 6.00. The second-order valence-electron chi connectivity index (χ2n) is 6.08. The van der Waals surface area contributed by atoms with Crippen LogP contribution in [0.25, 0.3) is 0 Å². The highest BCUT2D eigenvalue weighted by Gasteiger charge is 2.33. The van der Waals surface area contributed by atoms with Gasteiger partial charge in [-0.3, -0.25) is 4.79 Å². The zero-order chi connectivity index (χ0) is 17.0. The Balaban J connectivity index is 2.40. The SMILES string of the molecule is C=CCN1C(=O)C(CC)Oc2ccc(C(N)C(CC)CC)cc21. The molecule has 0 fully saturated rings. The van der Waals surface area contributed by atoms with E-state index in [1.54, 1.807) is 11.0 Å². The Morgan fingerprint density at radius 3 is 2.61 bits per heavy atom. The summed E-state index contributed by atoms with van der Waals surface area (Å²) in [5, 5.41) is 0. The molecule has 4 nitrogen and oxygen atoms in total. The number of nitrogens with zero attached hydrogens (tertiary/aromatic N) is 1. The van der Waals surface area contributed by atoms with Gasteiger partial charge in [0, 0.05) is 12.6 Å². The third kappa shape index (κ3) is 3.42. The van der Waals surface area contributed by atoms with Crippen molar-refractivity contribution < 1.29 is 9.53 Å². The Morgan fingerprint density at radius 1 is 1.35 bits per heavy atom. The normalized spacial score (nSPS) is 18.6. The highest BCUT2D eigenvalue weighted by atomic mass is 16.5. The molecule has 1 heterocycles. The van der Waals surface area contributed by atoms with Crippen LogP contribution in [-0.4, -0.2) is 18.6 Å². The first kappa shape index (κ1) is 17.5. The van der Waals surface area contributed by atoms with E-state index < -0.39 is 6.10 Å². The largest absolute Gasteiger partial charge is 0.478 e. The Kier molecular flexibility index (Phi) is 5.83. The minimum Gasteiger partial charge on any atom is -0.478 e. The fourth-order valence-electron chi connectivity index (χ4n) is 3.19.